The Morgan fingerprint density at radius 3 is 2.27 bits per heavy atom. The van der Waals surface area contributed by atoms with E-state index in [1.165, 1.54) is 45.2 Å². The van der Waals surface area contributed by atoms with Crippen molar-refractivity contribution in [2.24, 2.45) is 0 Å². The van der Waals surface area contributed by atoms with Gasteiger partial charge in [0.15, 0.2) is 0 Å². The molecule has 68 valence electrons. The Labute approximate surface area is 71.7 Å². The van der Waals surface area contributed by atoms with Crippen molar-refractivity contribution in [1.29, 1.82) is 0 Å². The van der Waals surface area contributed by atoms with Crippen LogP contribution in [0.15, 0.2) is 0 Å². The molecule has 0 aromatic rings. The van der Waals surface area contributed by atoms with E-state index in [0.29, 0.717) is 0 Å². The molecule has 2 nitrogen and oxygen atoms in total. The van der Waals surface area contributed by atoms with E-state index in [9.17, 15) is 0 Å². The summed E-state index contributed by atoms with van der Waals surface area (Å²) in [5.41, 5.74) is 0. The monoisotopic (exact) mass is 158 g/mol. The average Bonchev–Trinajstić information content (AvgIpc) is 2.28. The fourth-order valence-corrected chi connectivity index (χ4v) is 2.28. The van der Waals surface area contributed by atoms with E-state index in [1.54, 1.807) is 0 Å². The average molecular weight is 158 g/mol. The summed E-state index contributed by atoms with van der Waals surface area (Å²) in [4.78, 5) is 0. The third-order valence-electron chi connectivity index (χ3n) is 2.93. The van der Waals surface area contributed by atoms with Crippen LogP contribution < -0.4 is 10.6 Å². The summed E-state index contributed by atoms with van der Waals surface area (Å²) in [5.74, 6) is 0. The lowest BCUT2D eigenvalue weighted by molar-refractivity contribution is 0.308. The minimum atomic E-state index is 0. The first-order valence-electron chi connectivity index (χ1n) is 4.93. The molecule has 2 saturated heterocycles. The summed E-state index contributed by atoms with van der Waals surface area (Å²) in [7, 11) is 0. The Morgan fingerprint density at radius 1 is 0.818 bits per heavy atom. The number of piperidine rings is 1. The second-order valence-electron chi connectivity index (χ2n) is 3.76. The molecular weight excluding hydrogens is 136 g/mol. The predicted molar refractivity (Wildman–Crippen MR) is 50.9 cm³/mol. The van der Waals surface area contributed by atoms with Crippen LogP contribution in [0.2, 0.25) is 0 Å². The van der Waals surface area contributed by atoms with E-state index in [-0.39, 0.29) is 2.85 Å². The summed E-state index contributed by atoms with van der Waals surface area (Å²) in [6, 6.07) is 1.57. The Morgan fingerprint density at radius 2 is 1.45 bits per heavy atom. The molecule has 0 bridgehead atoms. The SMILES string of the molecule is C1CC[C@H]2NCCC[C@@H]2NC1.[HH].[HH]. The molecule has 0 unspecified atom stereocenters. The van der Waals surface area contributed by atoms with Crippen LogP contribution in [0.4, 0.5) is 0 Å². The highest BCUT2D eigenvalue weighted by atomic mass is 15.0. The summed E-state index contributed by atoms with van der Waals surface area (Å²) < 4.78 is 0. The van der Waals surface area contributed by atoms with Crippen LogP contribution in [-0.2, 0) is 0 Å². The van der Waals surface area contributed by atoms with E-state index in [4.69, 9.17) is 0 Å². The molecule has 11 heavy (non-hydrogen) atoms. The second kappa shape index (κ2) is 3.55. The highest BCUT2D eigenvalue weighted by Crippen LogP contribution is 2.16. The van der Waals surface area contributed by atoms with Gasteiger partial charge in [-0.3, -0.25) is 0 Å². The lowest BCUT2D eigenvalue weighted by atomic mass is 9.96. The summed E-state index contributed by atoms with van der Waals surface area (Å²) in [6.45, 7) is 2.48. The second-order valence-corrected chi connectivity index (χ2v) is 3.76. The molecule has 2 rings (SSSR count). The predicted octanol–water partition coefficient (Wildman–Crippen LogP) is 1.37. The van der Waals surface area contributed by atoms with Gasteiger partial charge in [-0.15, -0.1) is 0 Å². The molecule has 0 saturated carbocycles. The molecule has 0 spiro atoms. The zero-order valence-electron chi connectivity index (χ0n) is 7.10. The van der Waals surface area contributed by atoms with Crippen molar-refractivity contribution in [2.45, 2.75) is 44.2 Å². The van der Waals surface area contributed by atoms with Gasteiger partial charge in [-0.1, -0.05) is 6.42 Å². The van der Waals surface area contributed by atoms with E-state index in [2.05, 4.69) is 10.6 Å². The van der Waals surface area contributed by atoms with E-state index in [0.717, 1.165) is 12.1 Å². The maximum Gasteiger partial charge on any atom is 0.0221 e. The molecule has 2 N–H and O–H groups in total. The highest BCUT2D eigenvalue weighted by molar-refractivity contribution is 4.88. The normalized spacial score (nSPS) is 39.3. The van der Waals surface area contributed by atoms with Crippen molar-refractivity contribution in [3.8, 4) is 0 Å². The largest absolute Gasteiger partial charge is 0.312 e. The van der Waals surface area contributed by atoms with Gasteiger partial charge in [0.05, 0.1) is 0 Å². The Hall–Kier alpha value is -0.0800. The van der Waals surface area contributed by atoms with Crippen LogP contribution in [0.3, 0.4) is 0 Å². The molecular formula is C9H22N2. The number of fused-ring (bicyclic) bond motifs is 1. The topological polar surface area (TPSA) is 24.1 Å². The Balaban J connectivity index is 0.000000720. The molecule has 2 atom stereocenters. The van der Waals surface area contributed by atoms with Gasteiger partial charge < -0.3 is 10.6 Å². The molecule has 2 fully saturated rings. The zero-order valence-corrected chi connectivity index (χ0v) is 7.10. The fraction of sp³-hybridized carbons (Fsp3) is 1.00. The van der Waals surface area contributed by atoms with E-state index >= 15 is 0 Å². The first-order valence-corrected chi connectivity index (χ1v) is 4.93. The zero-order chi connectivity index (χ0) is 7.52. The highest BCUT2D eigenvalue weighted by Gasteiger charge is 2.24. The summed E-state index contributed by atoms with van der Waals surface area (Å²) >= 11 is 0. The van der Waals surface area contributed by atoms with Gasteiger partial charge in [0.25, 0.3) is 0 Å². The molecule has 0 aromatic heterocycles. The number of nitrogens with one attached hydrogen (secondary N) is 2. The van der Waals surface area contributed by atoms with Crippen LogP contribution in [-0.4, -0.2) is 25.2 Å². The van der Waals surface area contributed by atoms with Gasteiger partial charge in [0, 0.05) is 14.9 Å². The van der Waals surface area contributed by atoms with Gasteiger partial charge in [-0.2, -0.15) is 0 Å². The van der Waals surface area contributed by atoms with Crippen LogP contribution in [0.25, 0.3) is 0 Å². The molecule has 0 aromatic carbocycles. The third kappa shape index (κ3) is 1.74. The van der Waals surface area contributed by atoms with Crippen molar-refractivity contribution in [2.75, 3.05) is 13.1 Å². The lowest BCUT2D eigenvalue weighted by Gasteiger charge is -2.31. The first kappa shape index (κ1) is 7.56. The van der Waals surface area contributed by atoms with Crippen LogP contribution in [0, 0.1) is 0 Å². The third-order valence-corrected chi connectivity index (χ3v) is 2.93. The van der Waals surface area contributed by atoms with Gasteiger partial charge >= 0.3 is 0 Å². The van der Waals surface area contributed by atoms with E-state index in [1.807, 2.05) is 0 Å². The smallest absolute Gasteiger partial charge is 0.0221 e. The van der Waals surface area contributed by atoms with E-state index < -0.39 is 0 Å². The van der Waals surface area contributed by atoms with Gasteiger partial charge in [0.2, 0.25) is 0 Å². The number of hydrogen-bond acceptors (Lipinski definition) is 2. The van der Waals surface area contributed by atoms with Crippen LogP contribution >= 0.6 is 0 Å². The lowest BCUT2D eigenvalue weighted by Crippen LogP contribution is -2.50. The standard InChI is InChI=1S/C9H18N2.2H2/c1-2-6-10-9-5-3-7-11-8(9)4-1;;/h8-11H,1-7H2;2*1H/t8-,9+;;/m1../s1. The van der Waals surface area contributed by atoms with Crippen molar-refractivity contribution in [1.82, 2.24) is 10.6 Å². The van der Waals surface area contributed by atoms with Crippen molar-refractivity contribution >= 4 is 0 Å². The van der Waals surface area contributed by atoms with Gasteiger partial charge in [0.1, 0.15) is 0 Å². The summed E-state index contributed by atoms with van der Waals surface area (Å²) in [6.07, 6.45) is 6.90. The molecule has 0 amide bonds. The maximum atomic E-state index is 3.62. The minimum Gasteiger partial charge on any atom is -0.312 e. The molecule has 2 heteroatoms. The number of rotatable bonds is 0. The molecule has 0 aliphatic carbocycles. The molecule has 2 aliphatic heterocycles. The Kier molecular flexibility index (Phi) is 2.44. The quantitative estimate of drug-likeness (QED) is 0.556. The van der Waals surface area contributed by atoms with Crippen molar-refractivity contribution in [3.63, 3.8) is 0 Å². The molecule has 2 heterocycles. The van der Waals surface area contributed by atoms with Gasteiger partial charge in [-0.25, -0.2) is 0 Å². The molecule has 2 aliphatic rings. The van der Waals surface area contributed by atoms with Crippen LogP contribution in [0.1, 0.15) is 35.0 Å². The molecule has 0 radical (unpaired) electrons. The van der Waals surface area contributed by atoms with Crippen LogP contribution in [0.5, 0.6) is 0 Å². The minimum absolute atomic E-state index is 0. The maximum absolute atomic E-state index is 3.62. The fourth-order valence-electron chi connectivity index (χ4n) is 2.28. The Bertz CT molecular complexity index is 119. The van der Waals surface area contributed by atoms with Crippen molar-refractivity contribution in [3.05, 3.63) is 0 Å². The van der Waals surface area contributed by atoms with Crippen molar-refractivity contribution < 1.29 is 2.85 Å². The van der Waals surface area contributed by atoms with Gasteiger partial charge in [-0.05, 0) is 38.8 Å². The first-order chi connectivity index (χ1) is 5.47. The number of hydrogen-bond donors (Lipinski definition) is 2. The summed E-state index contributed by atoms with van der Waals surface area (Å²) in [5, 5.41) is 7.22.